The Bertz CT molecular complexity index is 684. The number of hydrogen-bond donors (Lipinski definition) is 0. The minimum atomic E-state index is -3.70. The lowest BCUT2D eigenvalue weighted by atomic mass is 9.92. The molecule has 7 nitrogen and oxygen atoms in total. The summed E-state index contributed by atoms with van der Waals surface area (Å²) in [5, 5.41) is 0. The molecule has 1 aromatic heterocycles. The van der Waals surface area contributed by atoms with E-state index in [-0.39, 0.29) is 30.8 Å². The Kier molecular flexibility index (Phi) is 4.84. The summed E-state index contributed by atoms with van der Waals surface area (Å²) in [4.78, 5) is 17.8. The number of rotatable bonds is 3. The third kappa shape index (κ3) is 3.28. The van der Waals surface area contributed by atoms with Crippen molar-refractivity contribution in [2.45, 2.75) is 23.4 Å². The number of ether oxygens (including phenoxy) is 1. The molecule has 0 unspecified atom stereocenters. The van der Waals surface area contributed by atoms with E-state index < -0.39 is 21.6 Å². The summed E-state index contributed by atoms with van der Waals surface area (Å²) in [5.41, 5.74) is -2.00. The van der Waals surface area contributed by atoms with E-state index in [0.29, 0.717) is 26.3 Å². The van der Waals surface area contributed by atoms with Crippen molar-refractivity contribution in [3.05, 3.63) is 24.5 Å². The summed E-state index contributed by atoms with van der Waals surface area (Å²) in [6.45, 7) is 1.52. The Hall–Kier alpha value is -1.58. The molecule has 3 heterocycles. The second-order valence-corrected chi connectivity index (χ2v) is 7.90. The number of carbonyl (C=O) groups excluding carboxylic acids is 1. The van der Waals surface area contributed by atoms with Crippen LogP contribution in [0, 0.1) is 0 Å². The largest absolute Gasteiger partial charge is 0.378 e. The fraction of sp³-hybridized carbons (Fsp3) is 0.600. The number of piperidine rings is 1. The van der Waals surface area contributed by atoms with E-state index >= 15 is 4.39 Å². The first kappa shape index (κ1) is 17.2. The van der Waals surface area contributed by atoms with Gasteiger partial charge in [0, 0.05) is 51.4 Å². The second kappa shape index (κ2) is 6.73. The van der Waals surface area contributed by atoms with E-state index in [1.165, 1.54) is 33.7 Å². The van der Waals surface area contributed by atoms with Crippen molar-refractivity contribution >= 4 is 15.9 Å². The van der Waals surface area contributed by atoms with Crippen molar-refractivity contribution < 1.29 is 22.3 Å². The Morgan fingerprint density at radius 2 is 1.88 bits per heavy atom. The van der Waals surface area contributed by atoms with E-state index in [2.05, 4.69) is 4.98 Å². The number of aromatic nitrogens is 1. The third-order valence-corrected chi connectivity index (χ3v) is 6.35. The predicted molar refractivity (Wildman–Crippen MR) is 83.5 cm³/mol. The molecule has 0 N–H and O–H groups in total. The van der Waals surface area contributed by atoms with E-state index in [4.69, 9.17) is 4.74 Å². The predicted octanol–water partition coefficient (Wildman–Crippen LogP) is 0.433. The van der Waals surface area contributed by atoms with Crippen LogP contribution in [0.4, 0.5) is 4.39 Å². The second-order valence-electron chi connectivity index (χ2n) is 5.96. The molecular weight excluding hydrogens is 337 g/mol. The Morgan fingerprint density at radius 1 is 1.21 bits per heavy atom. The molecule has 2 aliphatic heterocycles. The monoisotopic (exact) mass is 357 g/mol. The number of hydrogen-bond acceptors (Lipinski definition) is 5. The van der Waals surface area contributed by atoms with Gasteiger partial charge >= 0.3 is 0 Å². The number of halogens is 1. The summed E-state index contributed by atoms with van der Waals surface area (Å²) in [6, 6.07) is 3.00. The molecule has 0 spiro atoms. The summed E-state index contributed by atoms with van der Waals surface area (Å²) in [6.07, 6.45) is 2.49. The zero-order valence-corrected chi connectivity index (χ0v) is 14.0. The van der Waals surface area contributed by atoms with Gasteiger partial charge in [-0.25, -0.2) is 12.8 Å². The third-order valence-electron chi connectivity index (χ3n) is 4.47. The molecule has 132 valence electrons. The van der Waals surface area contributed by atoms with E-state index in [1.807, 2.05) is 0 Å². The van der Waals surface area contributed by atoms with Crippen molar-refractivity contribution in [2.75, 3.05) is 39.4 Å². The average Bonchev–Trinajstić information content (AvgIpc) is 2.63. The molecule has 9 heteroatoms. The first-order valence-corrected chi connectivity index (χ1v) is 9.34. The number of alkyl halides is 1. The average molecular weight is 357 g/mol. The van der Waals surface area contributed by atoms with Crippen LogP contribution in [-0.2, 0) is 19.6 Å². The molecular formula is C15H20FN3O4S. The van der Waals surface area contributed by atoms with E-state index in [1.54, 1.807) is 0 Å². The number of carbonyl (C=O) groups is 1. The molecule has 1 amide bonds. The van der Waals surface area contributed by atoms with Crippen molar-refractivity contribution in [1.82, 2.24) is 14.2 Å². The standard InChI is InChI=1S/C15H20FN3O4S/c16-15(14(20)18-8-10-23-11-9-18)3-6-19(7-4-15)24(21,22)13-2-1-5-17-12-13/h1-2,5,12H,3-4,6-11H2. The molecule has 0 aliphatic carbocycles. The molecule has 0 atom stereocenters. The highest BCUT2D eigenvalue weighted by Crippen LogP contribution is 2.31. The lowest BCUT2D eigenvalue weighted by Crippen LogP contribution is -2.55. The highest BCUT2D eigenvalue weighted by molar-refractivity contribution is 7.89. The van der Waals surface area contributed by atoms with Gasteiger partial charge in [0.25, 0.3) is 5.91 Å². The smallest absolute Gasteiger partial charge is 0.260 e. The summed E-state index contributed by atoms with van der Waals surface area (Å²) >= 11 is 0. The quantitative estimate of drug-likeness (QED) is 0.784. The van der Waals surface area contributed by atoms with Crippen molar-refractivity contribution in [3.8, 4) is 0 Å². The Labute approximate surface area is 140 Å². The van der Waals surface area contributed by atoms with Crippen LogP contribution in [0.5, 0.6) is 0 Å². The first-order valence-electron chi connectivity index (χ1n) is 7.90. The summed E-state index contributed by atoms with van der Waals surface area (Å²) < 4.78 is 46.5. The minimum Gasteiger partial charge on any atom is -0.378 e. The number of nitrogens with zero attached hydrogens (tertiary/aromatic N) is 3. The number of amides is 1. The van der Waals surface area contributed by atoms with Gasteiger partial charge in [0.1, 0.15) is 4.90 Å². The first-order chi connectivity index (χ1) is 11.4. The summed E-state index contributed by atoms with van der Waals surface area (Å²) in [7, 11) is -3.70. The highest BCUT2D eigenvalue weighted by atomic mass is 32.2. The van der Waals surface area contributed by atoms with Crippen molar-refractivity contribution in [2.24, 2.45) is 0 Å². The molecule has 2 saturated heterocycles. The van der Waals surface area contributed by atoms with Gasteiger partial charge in [-0.3, -0.25) is 9.78 Å². The summed E-state index contributed by atoms with van der Waals surface area (Å²) in [5.74, 6) is -0.552. The van der Waals surface area contributed by atoms with Gasteiger partial charge in [0.15, 0.2) is 5.67 Å². The zero-order valence-electron chi connectivity index (χ0n) is 13.2. The fourth-order valence-corrected chi connectivity index (χ4v) is 4.40. The number of pyridine rings is 1. The molecule has 24 heavy (non-hydrogen) atoms. The zero-order chi connectivity index (χ0) is 17.2. The molecule has 3 rings (SSSR count). The van der Waals surface area contributed by atoms with Crippen LogP contribution < -0.4 is 0 Å². The SMILES string of the molecule is O=C(N1CCOCC1)C1(F)CCN(S(=O)(=O)c2cccnc2)CC1. The van der Waals surface area contributed by atoms with Crippen LogP contribution >= 0.6 is 0 Å². The number of sulfonamides is 1. The number of morpholine rings is 1. The fourth-order valence-electron chi connectivity index (χ4n) is 2.99. The minimum absolute atomic E-state index is 0.0240. The Morgan fingerprint density at radius 3 is 2.46 bits per heavy atom. The molecule has 0 bridgehead atoms. The van der Waals surface area contributed by atoms with Crippen LogP contribution in [0.25, 0.3) is 0 Å². The molecule has 0 aromatic carbocycles. The van der Waals surface area contributed by atoms with Gasteiger partial charge in [-0.05, 0) is 12.1 Å². The maximum Gasteiger partial charge on any atom is 0.260 e. The molecule has 0 radical (unpaired) electrons. The molecule has 0 saturated carbocycles. The van der Waals surface area contributed by atoms with E-state index in [9.17, 15) is 13.2 Å². The maximum atomic E-state index is 15.0. The normalized spacial score (nSPS) is 22.3. The highest BCUT2D eigenvalue weighted by Gasteiger charge is 2.46. The van der Waals surface area contributed by atoms with Crippen molar-refractivity contribution in [1.29, 1.82) is 0 Å². The van der Waals surface area contributed by atoms with Gasteiger partial charge in [0.2, 0.25) is 10.0 Å². The van der Waals surface area contributed by atoms with Crippen LogP contribution in [0.2, 0.25) is 0 Å². The van der Waals surface area contributed by atoms with Crippen LogP contribution in [0.15, 0.2) is 29.4 Å². The Balaban J connectivity index is 1.67. The molecule has 2 aliphatic rings. The van der Waals surface area contributed by atoms with Gasteiger partial charge in [-0.1, -0.05) is 0 Å². The van der Waals surface area contributed by atoms with Crippen LogP contribution in [0.3, 0.4) is 0 Å². The van der Waals surface area contributed by atoms with Crippen LogP contribution in [0.1, 0.15) is 12.8 Å². The van der Waals surface area contributed by atoms with Crippen molar-refractivity contribution in [3.63, 3.8) is 0 Å². The topological polar surface area (TPSA) is 79.8 Å². The van der Waals surface area contributed by atoms with Gasteiger partial charge in [-0.15, -0.1) is 0 Å². The van der Waals surface area contributed by atoms with E-state index in [0.717, 1.165) is 0 Å². The lowest BCUT2D eigenvalue weighted by molar-refractivity contribution is -0.150. The van der Waals surface area contributed by atoms with Gasteiger partial charge in [-0.2, -0.15) is 4.31 Å². The maximum absolute atomic E-state index is 15.0. The molecule has 1 aromatic rings. The lowest BCUT2D eigenvalue weighted by Gasteiger charge is -2.38. The van der Waals surface area contributed by atoms with Gasteiger partial charge in [0.05, 0.1) is 13.2 Å². The molecule has 2 fully saturated rings. The van der Waals surface area contributed by atoms with Crippen LogP contribution in [-0.4, -0.2) is 73.6 Å². The van der Waals surface area contributed by atoms with Gasteiger partial charge < -0.3 is 9.64 Å².